The Bertz CT molecular complexity index is 862. The van der Waals surface area contributed by atoms with Crippen molar-refractivity contribution in [3.8, 4) is 11.1 Å². The molecule has 0 aliphatic rings. The van der Waals surface area contributed by atoms with Crippen LogP contribution in [0.5, 0.6) is 0 Å². The number of carbonyl (C=O) groups excluding carboxylic acids is 1. The van der Waals surface area contributed by atoms with Crippen molar-refractivity contribution in [1.29, 1.82) is 0 Å². The molecule has 1 N–H and O–H groups in total. The van der Waals surface area contributed by atoms with Gasteiger partial charge in [0.15, 0.2) is 0 Å². The first kappa shape index (κ1) is 18.0. The number of nitrogens with one attached hydrogen (secondary N) is 1. The van der Waals surface area contributed by atoms with Gasteiger partial charge in [0.1, 0.15) is 0 Å². The number of rotatable bonds is 6. The Morgan fingerprint density at radius 1 is 1.04 bits per heavy atom. The number of aryl methyl sites for hydroxylation is 1. The second-order valence-corrected chi connectivity index (χ2v) is 7.29. The molecule has 0 saturated heterocycles. The first-order valence-corrected chi connectivity index (χ1v) is 9.64. The van der Waals surface area contributed by atoms with Gasteiger partial charge in [-0.2, -0.15) is 11.3 Å². The Balaban J connectivity index is 1.57. The highest BCUT2D eigenvalue weighted by atomic mass is 35.5. The number of benzene rings is 2. The van der Waals surface area contributed by atoms with Gasteiger partial charge in [-0.1, -0.05) is 53.5 Å². The van der Waals surface area contributed by atoms with Crippen LogP contribution >= 0.6 is 34.5 Å². The molecular formula is C20H17Cl2NOS. The Morgan fingerprint density at radius 3 is 2.64 bits per heavy atom. The summed E-state index contributed by atoms with van der Waals surface area (Å²) < 4.78 is 0. The van der Waals surface area contributed by atoms with E-state index in [4.69, 9.17) is 23.2 Å². The van der Waals surface area contributed by atoms with Crippen LogP contribution in [0.4, 0.5) is 0 Å². The molecule has 0 atom stereocenters. The predicted octanol–water partition coefficient (Wildman–Crippen LogP) is 5.97. The number of thiophene rings is 1. The number of amides is 1. The maximum absolute atomic E-state index is 12.2. The minimum atomic E-state index is 0.0196. The summed E-state index contributed by atoms with van der Waals surface area (Å²) in [6.45, 7) is 0.520. The Kier molecular flexibility index (Phi) is 6.14. The number of carbonyl (C=O) groups is 1. The maximum atomic E-state index is 12.2. The van der Waals surface area contributed by atoms with Crippen molar-refractivity contribution in [3.63, 3.8) is 0 Å². The van der Waals surface area contributed by atoms with Crippen molar-refractivity contribution in [2.24, 2.45) is 0 Å². The van der Waals surface area contributed by atoms with Gasteiger partial charge in [0.2, 0.25) is 5.91 Å². The molecule has 0 saturated carbocycles. The summed E-state index contributed by atoms with van der Waals surface area (Å²) in [5.74, 6) is 0.0196. The van der Waals surface area contributed by atoms with Gasteiger partial charge in [-0.25, -0.2) is 0 Å². The van der Waals surface area contributed by atoms with Crippen molar-refractivity contribution >= 4 is 40.4 Å². The molecule has 0 bridgehead atoms. The zero-order chi connectivity index (χ0) is 17.6. The Morgan fingerprint density at radius 2 is 1.88 bits per heavy atom. The smallest absolute Gasteiger partial charge is 0.220 e. The van der Waals surface area contributed by atoms with Gasteiger partial charge in [-0.15, -0.1) is 0 Å². The highest BCUT2D eigenvalue weighted by molar-refractivity contribution is 7.08. The molecule has 3 rings (SSSR count). The van der Waals surface area contributed by atoms with Gasteiger partial charge >= 0.3 is 0 Å². The summed E-state index contributed by atoms with van der Waals surface area (Å²) in [7, 11) is 0. The average molecular weight is 390 g/mol. The molecule has 3 aromatic rings. The topological polar surface area (TPSA) is 29.1 Å². The lowest BCUT2D eigenvalue weighted by atomic mass is 10.0. The summed E-state index contributed by atoms with van der Waals surface area (Å²) in [5.41, 5.74) is 4.46. The molecule has 0 spiro atoms. The van der Waals surface area contributed by atoms with E-state index >= 15 is 0 Å². The highest BCUT2D eigenvalue weighted by Gasteiger charge is 2.08. The molecule has 1 amide bonds. The normalized spacial score (nSPS) is 10.6. The minimum Gasteiger partial charge on any atom is -0.352 e. The SMILES string of the molecule is O=C(CCc1ccc(Cl)c(Cl)c1)NCc1ccccc1-c1ccsc1. The molecule has 0 aliphatic heterocycles. The molecule has 1 heterocycles. The molecule has 0 unspecified atom stereocenters. The summed E-state index contributed by atoms with van der Waals surface area (Å²) in [4.78, 5) is 12.2. The summed E-state index contributed by atoms with van der Waals surface area (Å²) >= 11 is 13.6. The van der Waals surface area contributed by atoms with E-state index in [1.165, 1.54) is 5.56 Å². The molecule has 128 valence electrons. The second kappa shape index (κ2) is 8.52. The van der Waals surface area contributed by atoms with Gasteiger partial charge < -0.3 is 5.32 Å². The fourth-order valence-corrected chi connectivity index (χ4v) is 3.59. The Hall–Kier alpha value is -1.81. The second-order valence-electron chi connectivity index (χ2n) is 5.69. The average Bonchev–Trinajstić information content (AvgIpc) is 3.15. The zero-order valence-electron chi connectivity index (χ0n) is 13.5. The summed E-state index contributed by atoms with van der Waals surface area (Å²) in [6, 6.07) is 15.7. The van der Waals surface area contributed by atoms with Crippen LogP contribution in [-0.4, -0.2) is 5.91 Å². The monoisotopic (exact) mass is 389 g/mol. The molecule has 2 nitrogen and oxygen atoms in total. The third-order valence-corrected chi connectivity index (χ3v) is 5.37. The number of hydrogen-bond acceptors (Lipinski definition) is 2. The number of hydrogen-bond donors (Lipinski definition) is 1. The molecule has 5 heteroatoms. The maximum Gasteiger partial charge on any atom is 0.220 e. The van der Waals surface area contributed by atoms with Crippen LogP contribution in [0.2, 0.25) is 10.0 Å². The standard InChI is InChI=1S/C20H17Cl2NOS/c21-18-7-5-14(11-19(18)22)6-8-20(24)23-12-15-3-1-2-4-17(15)16-9-10-25-13-16/h1-5,7,9-11,13H,6,8,12H2,(H,23,24). The van der Waals surface area contributed by atoms with Crippen LogP contribution in [-0.2, 0) is 17.8 Å². The third-order valence-electron chi connectivity index (χ3n) is 3.95. The van der Waals surface area contributed by atoms with E-state index in [9.17, 15) is 4.79 Å². The van der Waals surface area contributed by atoms with Crippen LogP contribution in [0.1, 0.15) is 17.5 Å². The van der Waals surface area contributed by atoms with Gasteiger partial charge in [0.05, 0.1) is 10.0 Å². The number of halogens is 2. The van der Waals surface area contributed by atoms with E-state index in [1.807, 2.05) is 30.3 Å². The van der Waals surface area contributed by atoms with Crippen molar-refractivity contribution in [1.82, 2.24) is 5.32 Å². The van der Waals surface area contributed by atoms with Crippen LogP contribution in [0.3, 0.4) is 0 Å². The van der Waals surface area contributed by atoms with Crippen LogP contribution in [0, 0.1) is 0 Å². The van der Waals surface area contributed by atoms with Gasteiger partial charge in [0.25, 0.3) is 0 Å². The van der Waals surface area contributed by atoms with E-state index in [0.29, 0.717) is 29.4 Å². The lowest BCUT2D eigenvalue weighted by Crippen LogP contribution is -2.23. The molecule has 0 fully saturated rings. The molecule has 2 aromatic carbocycles. The largest absolute Gasteiger partial charge is 0.352 e. The van der Waals surface area contributed by atoms with Gasteiger partial charge in [-0.05, 0) is 57.6 Å². The van der Waals surface area contributed by atoms with E-state index < -0.39 is 0 Å². The first-order chi connectivity index (χ1) is 12.1. The fourth-order valence-electron chi connectivity index (χ4n) is 2.61. The first-order valence-electron chi connectivity index (χ1n) is 7.94. The lowest BCUT2D eigenvalue weighted by Gasteiger charge is -2.10. The molecule has 0 aliphatic carbocycles. The van der Waals surface area contributed by atoms with Gasteiger partial charge in [-0.3, -0.25) is 4.79 Å². The van der Waals surface area contributed by atoms with E-state index in [2.05, 4.69) is 28.2 Å². The fraction of sp³-hybridized carbons (Fsp3) is 0.150. The van der Waals surface area contributed by atoms with Crippen LogP contribution in [0.25, 0.3) is 11.1 Å². The highest BCUT2D eigenvalue weighted by Crippen LogP contribution is 2.26. The Labute approximate surface area is 161 Å². The van der Waals surface area contributed by atoms with Crippen LogP contribution in [0.15, 0.2) is 59.3 Å². The van der Waals surface area contributed by atoms with Crippen molar-refractivity contribution in [3.05, 3.63) is 80.5 Å². The van der Waals surface area contributed by atoms with E-state index in [0.717, 1.165) is 16.7 Å². The van der Waals surface area contributed by atoms with Gasteiger partial charge in [0, 0.05) is 13.0 Å². The lowest BCUT2D eigenvalue weighted by molar-refractivity contribution is -0.121. The van der Waals surface area contributed by atoms with Crippen molar-refractivity contribution in [2.45, 2.75) is 19.4 Å². The molecule has 25 heavy (non-hydrogen) atoms. The van der Waals surface area contributed by atoms with E-state index in [1.54, 1.807) is 17.4 Å². The summed E-state index contributed by atoms with van der Waals surface area (Å²) in [6.07, 6.45) is 1.05. The van der Waals surface area contributed by atoms with E-state index in [-0.39, 0.29) is 5.91 Å². The molecular weight excluding hydrogens is 373 g/mol. The quantitative estimate of drug-likeness (QED) is 0.552. The van der Waals surface area contributed by atoms with Crippen LogP contribution < -0.4 is 5.32 Å². The zero-order valence-corrected chi connectivity index (χ0v) is 15.8. The third kappa shape index (κ3) is 4.85. The van der Waals surface area contributed by atoms with Crippen molar-refractivity contribution < 1.29 is 4.79 Å². The van der Waals surface area contributed by atoms with Crippen molar-refractivity contribution in [2.75, 3.05) is 0 Å². The molecule has 1 aromatic heterocycles. The minimum absolute atomic E-state index is 0.0196. The summed E-state index contributed by atoms with van der Waals surface area (Å²) in [5, 5.41) is 8.22. The molecule has 0 radical (unpaired) electrons. The predicted molar refractivity (Wildman–Crippen MR) is 106 cm³/mol.